The molecule has 0 unspecified atom stereocenters. The molecule has 6 nitrogen and oxygen atoms in total. The lowest BCUT2D eigenvalue weighted by Gasteiger charge is -2.18. The van der Waals surface area contributed by atoms with Crippen molar-refractivity contribution in [2.75, 3.05) is 13.2 Å². The summed E-state index contributed by atoms with van der Waals surface area (Å²) < 4.78 is 16.9. The minimum Gasteiger partial charge on any atom is -0.462 e. The van der Waals surface area contributed by atoms with Crippen LogP contribution in [-0.4, -0.2) is 37.2 Å². The van der Waals surface area contributed by atoms with Gasteiger partial charge < -0.3 is 14.2 Å². The molecule has 0 aromatic carbocycles. The maximum Gasteiger partial charge on any atom is 0.306 e. The molecule has 6 heteroatoms. The Kier molecular flexibility index (Phi) is 58.9. The molecule has 0 fully saturated rings. The van der Waals surface area contributed by atoms with Gasteiger partial charge in [0.05, 0.1) is 0 Å². The first-order valence-electron chi connectivity index (χ1n) is 31.0. The molecule has 0 saturated heterocycles. The van der Waals surface area contributed by atoms with Crippen molar-refractivity contribution in [3.05, 3.63) is 122 Å². The van der Waals surface area contributed by atoms with Crippen molar-refractivity contribution in [3.8, 4) is 0 Å². The summed E-state index contributed by atoms with van der Waals surface area (Å²) in [5, 5.41) is 0. The monoisotopic (exact) mass is 1040 g/mol. The summed E-state index contributed by atoms with van der Waals surface area (Å²) in [5.41, 5.74) is 0. The molecule has 0 aliphatic heterocycles. The van der Waals surface area contributed by atoms with Gasteiger partial charge in [-0.1, -0.05) is 239 Å². The first-order chi connectivity index (χ1) is 37.0. The maximum atomic E-state index is 12.9. The number of carbonyl (C=O) groups excluding carboxylic acids is 3. The second-order valence-corrected chi connectivity index (χ2v) is 20.2. The number of ether oxygens (including phenoxy) is 3. The molecular formula is C69H114O6. The number of esters is 3. The van der Waals surface area contributed by atoms with E-state index in [2.05, 4.69) is 142 Å². The van der Waals surface area contributed by atoms with Crippen molar-refractivity contribution in [2.24, 2.45) is 0 Å². The van der Waals surface area contributed by atoms with Crippen molar-refractivity contribution in [2.45, 2.75) is 284 Å². The SMILES string of the molecule is CCCCC/C=C\C/C=C\C/C=C\C/C=C\CCCCCC(=O)OCC(COC(=O)CCCCC/C=C\C/C=C\C/C=C\C/C=C\CCCCC)OC(=O)CCCCCCCCCCC/C=C\C/C=C\CCCCC. The third-order valence-corrected chi connectivity index (χ3v) is 12.9. The zero-order valence-corrected chi connectivity index (χ0v) is 48.8. The van der Waals surface area contributed by atoms with Gasteiger partial charge in [-0.25, -0.2) is 0 Å². The van der Waals surface area contributed by atoms with E-state index in [1.807, 2.05) is 0 Å². The first-order valence-corrected chi connectivity index (χ1v) is 31.0. The molecule has 0 rings (SSSR count). The van der Waals surface area contributed by atoms with Gasteiger partial charge in [-0.15, -0.1) is 0 Å². The van der Waals surface area contributed by atoms with Crippen LogP contribution in [0.1, 0.15) is 278 Å². The Morgan fingerprint density at radius 2 is 0.480 bits per heavy atom. The normalized spacial score (nSPS) is 12.6. The molecular weight excluding hydrogens is 925 g/mol. The Bertz CT molecular complexity index is 1490. The van der Waals surface area contributed by atoms with Gasteiger partial charge in [0.15, 0.2) is 6.10 Å². The van der Waals surface area contributed by atoms with E-state index in [-0.39, 0.29) is 31.1 Å². The van der Waals surface area contributed by atoms with Crippen LogP contribution in [0.4, 0.5) is 0 Å². The van der Waals surface area contributed by atoms with Crippen LogP contribution >= 0.6 is 0 Å². The Morgan fingerprint density at radius 1 is 0.267 bits per heavy atom. The zero-order valence-electron chi connectivity index (χ0n) is 48.8. The van der Waals surface area contributed by atoms with E-state index in [4.69, 9.17) is 14.2 Å². The minimum absolute atomic E-state index is 0.109. The molecule has 0 aliphatic carbocycles. The van der Waals surface area contributed by atoms with E-state index < -0.39 is 6.10 Å². The summed E-state index contributed by atoms with van der Waals surface area (Å²) in [5.74, 6) is -0.969. The molecule has 0 aromatic rings. The number of carbonyl (C=O) groups is 3. The Balaban J connectivity index is 4.53. The van der Waals surface area contributed by atoms with Crippen LogP contribution in [0.15, 0.2) is 122 Å². The fourth-order valence-electron chi connectivity index (χ4n) is 8.20. The average Bonchev–Trinajstić information content (AvgIpc) is 3.41. The van der Waals surface area contributed by atoms with Crippen LogP contribution in [0.3, 0.4) is 0 Å². The zero-order chi connectivity index (χ0) is 54.3. The number of unbranched alkanes of at least 4 members (excludes halogenated alkanes) is 24. The maximum absolute atomic E-state index is 12.9. The number of rotatable bonds is 55. The Morgan fingerprint density at radius 3 is 0.760 bits per heavy atom. The first kappa shape index (κ1) is 70.8. The molecule has 0 atom stereocenters. The van der Waals surface area contributed by atoms with Crippen LogP contribution in [0.5, 0.6) is 0 Å². The van der Waals surface area contributed by atoms with Gasteiger partial charge in [-0.3, -0.25) is 14.4 Å². The molecule has 0 heterocycles. The molecule has 426 valence electrons. The molecule has 0 bridgehead atoms. The molecule has 0 aliphatic rings. The van der Waals surface area contributed by atoms with Gasteiger partial charge in [-0.05, 0) is 141 Å². The van der Waals surface area contributed by atoms with Gasteiger partial charge in [0.2, 0.25) is 0 Å². The summed E-state index contributed by atoms with van der Waals surface area (Å²) >= 11 is 0. The fourth-order valence-corrected chi connectivity index (χ4v) is 8.20. The van der Waals surface area contributed by atoms with Crippen LogP contribution in [0.25, 0.3) is 0 Å². The highest BCUT2D eigenvalue weighted by Gasteiger charge is 2.19. The smallest absolute Gasteiger partial charge is 0.306 e. The highest BCUT2D eigenvalue weighted by Crippen LogP contribution is 2.14. The van der Waals surface area contributed by atoms with E-state index in [0.29, 0.717) is 19.3 Å². The molecule has 0 spiro atoms. The summed E-state index contributed by atoms with van der Waals surface area (Å²) in [6, 6.07) is 0. The quantitative estimate of drug-likeness (QED) is 0.0261. The predicted octanol–water partition coefficient (Wildman–Crippen LogP) is 21.2. The van der Waals surface area contributed by atoms with Crippen LogP contribution < -0.4 is 0 Å². The molecule has 0 aromatic heterocycles. The lowest BCUT2D eigenvalue weighted by Crippen LogP contribution is -2.30. The lowest BCUT2D eigenvalue weighted by atomic mass is 10.1. The van der Waals surface area contributed by atoms with Crippen molar-refractivity contribution < 1.29 is 28.6 Å². The van der Waals surface area contributed by atoms with Crippen molar-refractivity contribution >= 4 is 17.9 Å². The molecule has 0 N–H and O–H groups in total. The Labute approximate surface area is 462 Å². The largest absolute Gasteiger partial charge is 0.462 e. The molecule has 0 amide bonds. The van der Waals surface area contributed by atoms with Crippen LogP contribution in [0.2, 0.25) is 0 Å². The second-order valence-electron chi connectivity index (χ2n) is 20.2. The van der Waals surface area contributed by atoms with Gasteiger partial charge in [0, 0.05) is 19.3 Å². The number of allylic oxidation sites excluding steroid dienone is 20. The topological polar surface area (TPSA) is 78.9 Å². The van der Waals surface area contributed by atoms with Crippen LogP contribution in [-0.2, 0) is 28.6 Å². The predicted molar refractivity (Wildman–Crippen MR) is 325 cm³/mol. The standard InChI is InChI=1S/C69H114O6/c1-4-7-10-13-16-19-22-25-28-31-34-37-40-43-46-49-52-55-58-61-67(70)73-64-66(75-69(72)63-60-57-54-51-48-45-42-39-36-33-30-27-24-21-18-15-12-9-6-3)65-74-68(71)62-59-56-53-50-47-44-41-38-35-32-29-26-23-20-17-14-11-8-5-2/h16-21,25-30,34-35,37-38,43-44,46-47,66H,4-15,22-24,31-33,36,39-42,45,48-65H2,1-3H3/b19-16-,20-17-,21-18-,28-25-,29-26-,30-27-,37-34-,38-35-,46-43-,47-44-. The second kappa shape index (κ2) is 62.4. The molecule has 0 radical (unpaired) electrons. The van der Waals surface area contributed by atoms with E-state index in [0.717, 1.165) is 116 Å². The highest BCUT2D eigenvalue weighted by atomic mass is 16.6. The number of hydrogen-bond acceptors (Lipinski definition) is 6. The minimum atomic E-state index is -0.812. The third kappa shape index (κ3) is 60.6. The summed E-state index contributed by atoms with van der Waals surface area (Å²) in [6.07, 6.45) is 86.1. The van der Waals surface area contributed by atoms with E-state index >= 15 is 0 Å². The fraction of sp³-hybridized carbons (Fsp3) is 0.667. The van der Waals surface area contributed by atoms with Crippen molar-refractivity contribution in [3.63, 3.8) is 0 Å². The Hall–Kier alpha value is -4.19. The van der Waals surface area contributed by atoms with E-state index in [1.54, 1.807) is 0 Å². The van der Waals surface area contributed by atoms with Gasteiger partial charge >= 0.3 is 17.9 Å². The van der Waals surface area contributed by atoms with Crippen molar-refractivity contribution in [1.29, 1.82) is 0 Å². The number of hydrogen-bond donors (Lipinski definition) is 0. The van der Waals surface area contributed by atoms with Crippen LogP contribution in [0, 0.1) is 0 Å². The average molecular weight is 1040 g/mol. The van der Waals surface area contributed by atoms with Gasteiger partial charge in [0.25, 0.3) is 0 Å². The van der Waals surface area contributed by atoms with E-state index in [9.17, 15) is 14.4 Å². The van der Waals surface area contributed by atoms with Gasteiger partial charge in [0.1, 0.15) is 13.2 Å². The highest BCUT2D eigenvalue weighted by molar-refractivity contribution is 5.71. The molecule has 75 heavy (non-hydrogen) atoms. The van der Waals surface area contributed by atoms with E-state index in [1.165, 1.54) is 122 Å². The summed E-state index contributed by atoms with van der Waals surface area (Å²) in [4.78, 5) is 38.3. The summed E-state index contributed by atoms with van der Waals surface area (Å²) in [6.45, 7) is 6.51. The lowest BCUT2D eigenvalue weighted by molar-refractivity contribution is -0.167. The van der Waals surface area contributed by atoms with Gasteiger partial charge in [-0.2, -0.15) is 0 Å². The molecule has 0 saturated carbocycles. The third-order valence-electron chi connectivity index (χ3n) is 12.9. The summed E-state index contributed by atoms with van der Waals surface area (Å²) in [7, 11) is 0. The van der Waals surface area contributed by atoms with Crippen molar-refractivity contribution in [1.82, 2.24) is 0 Å².